The Morgan fingerprint density at radius 3 is 1.11 bits per heavy atom. The smallest absolute Gasteiger partial charge is 0.0711 e. The molecule has 5 aromatic heterocycles. The van der Waals surface area contributed by atoms with Gasteiger partial charge in [-0.3, -0.25) is 0 Å². The number of benzene rings is 8. The van der Waals surface area contributed by atoms with Crippen LogP contribution in [0.2, 0.25) is 0 Å². The van der Waals surface area contributed by atoms with E-state index in [-0.39, 0.29) is 0 Å². The van der Waals surface area contributed by atoms with E-state index in [0.717, 1.165) is 0 Å². The minimum atomic E-state index is 1.18. The summed E-state index contributed by atoms with van der Waals surface area (Å²) in [5, 5.41) is 5.07. The van der Waals surface area contributed by atoms with Gasteiger partial charge in [0.2, 0.25) is 0 Å². The van der Waals surface area contributed by atoms with Gasteiger partial charge in [-0.05, 0) is 107 Å². The Kier molecular flexibility index (Phi) is 7.65. The highest BCUT2D eigenvalue weighted by atomic mass is 32.1. The van der Waals surface area contributed by atoms with Crippen molar-refractivity contribution in [3.63, 3.8) is 0 Å². The van der Waals surface area contributed by atoms with E-state index in [1.165, 1.54) is 113 Å². The van der Waals surface area contributed by atoms with Gasteiger partial charge in [-0.1, -0.05) is 127 Å². The molecule has 0 saturated carbocycles. The van der Waals surface area contributed by atoms with Crippen molar-refractivity contribution < 1.29 is 0 Å². The van der Waals surface area contributed by atoms with Gasteiger partial charge in [0.25, 0.3) is 0 Å². The molecule has 0 radical (unpaired) electrons. The highest BCUT2D eigenvalue weighted by molar-refractivity contribution is 7.30. The van der Waals surface area contributed by atoms with Crippen LogP contribution >= 0.6 is 22.7 Å². The maximum Gasteiger partial charge on any atom is 0.0711 e. The molecule has 0 aliphatic carbocycles. The van der Waals surface area contributed by atoms with Crippen LogP contribution in [0.15, 0.2) is 212 Å². The topological polar surface area (TPSA) is 14.8 Å². The third-order valence-electron chi connectivity index (χ3n) is 12.3. The minimum Gasteiger partial charge on any atom is -0.309 e. The van der Waals surface area contributed by atoms with Gasteiger partial charge in [-0.2, -0.15) is 0 Å². The first-order valence-corrected chi connectivity index (χ1v) is 22.3. The lowest BCUT2D eigenvalue weighted by atomic mass is 10.0. The van der Waals surface area contributed by atoms with Gasteiger partial charge >= 0.3 is 0 Å². The third kappa shape index (κ3) is 5.34. The molecule has 0 amide bonds. The predicted octanol–water partition coefficient (Wildman–Crippen LogP) is 16.1. The van der Waals surface area contributed by atoms with Crippen LogP contribution in [0, 0.1) is 0 Å². The number of thiophene rings is 2. The highest BCUT2D eigenvalue weighted by Crippen LogP contribution is 2.47. The van der Waals surface area contributed by atoms with Crippen LogP contribution in [-0.2, 0) is 0 Å². The average molecular weight is 814 g/mol. The fourth-order valence-electron chi connectivity index (χ4n) is 9.51. The van der Waals surface area contributed by atoms with Crippen LogP contribution in [-0.4, -0.2) is 13.7 Å². The summed E-state index contributed by atoms with van der Waals surface area (Å²) < 4.78 is 9.88. The fraction of sp³-hybridized carbons (Fsp3) is 0. The van der Waals surface area contributed by atoms with Gasteiger partial charge in [0.15, 0.2) is 0 Å². The van der Waals surface area contributed by atoms with E-state index in [1.54, 1.807) is 0 Å². The zero-order valence-corrected chi connectivity index (χ0v) is 34.5. The zero-order valence-electron chi connectivity index (χ0n) is 32.9. The van der Waals surface area contributed by atoms with E-state index in [0.29, 0.717) is 0 Å². The standard InChI is InChI=1S/C56H35N3S2/c1-4-14-40(15-5-1)57-47-22-12-10-20-43(47)45-32-38(28-30-49(45)57)36-24-26-37(27-25-36)53-34-51-55(60-53)56-52(59(51)42-18-8-3-9-19-42)35-54(61-56)39-29-31-50-46(33-39)44-21-11-13-23-48(44)58(50)41-16-6-2-7-17-41/h1-35H. The van der Waals surface area contributed by atoms with Gasteiger partial charge in [0.1, 0.15) is 0 Å². The van der Waals surface area contributed by atoms with Crippen molar-refractivity contribution in [3.05, 3.63) is 212 Å². The first-order chi connectivity index (χ1) is 30.2. The molecular weight excluding hydrogens is 779 g/mol. The molecule has 8 aromatic carbocycles. The van der Waals surface area contributed by atoms with E-state index < -0.39 is 0 Å². The quantitative estimate of drug-likeness (QED) is 0.159. The van der Waals surface area contributed by atoms with Crippen LogP contribution in [0.4, 0.5) is 0 Å². The summed E-state index contributed by atoms with van der Waals surface area (Å²) in [5.41, 5.74) is 15.8. The van der Waals surface area contributed by atoms with Crippen LogP contribution in [0.5, 0.6) is 0 Å². The molecule has 0 atom stereocenters. The first-order valence-electron chi connectivity index (χ1n) is 20.7. The molecular formula is C56H35N3S2. The summed E-state index contributed by atoms with van der Waals surface area (Å²) in [6, 6.07) is 77.5. The summed E-state index contributed by atoms with van der Waals surface area (Å²) in [5.74, 6) is 0. The van der Waals surface area contributed by atoms with Crippen molar-refractivity contribution in [1.82, 2.24) is 13.7 Å². The molecule has 286 valence electrons. The molecule has 0 aliphatic heterocycles. The average Bonchev–Trinajstić information content (AvgIpc) is 4.14. The van der Waals surface area contributed by atoms with Crippen molar-refractivity contribution >= 4 is 86.7 Å². The number of fused-ring (bicyclic) bond motifs is 9. The van der Waals surface area contributed by atoms with Crippen molar-refractivity contribution in [2.45, 2.75) is 0 Å². The molecule has 0 bridgehead atoms. The number of aromatic nitrogens is 3. The Bertz CT molecular complexity index is 3790. The van der Waals surface area contributed by atoms with Crippen LogP contribution < -0.4 is 0 Å². The Morgan fingerprint density at radius 2 is 0.607 bits per heavy atom. The van der Waals surface area contributed by atoms with Crippen LogP contribution in [0.1, 0.15) is 0 Å². The summed E-state index contributed by atoms with van der Waals surface area (Å²) in [7, 11) is 0. The van der Waals surface area contributed by atoms with Gasteiger partial charge in [-0.15, -0.1) is 22.7 Å². The summed E-state index contributed by atoms with van der Waals surface area (Å²) >= 11 is 3.80. The number of hydrogen-bond acceptors (Lipinski definition) is 2. The van der Waals surface area contributed by atoms with E-state index in [2.05, 4.69) is 226 Å². The van der Waals surface area contributed by atoms with E-state index in [4.69, 9.17) is 0 Å². The van der Waals surface area contributed by atoms with Crippen molar-refractivity contribution in [3.8, 4) is 49.1 Å². The Morgan fingerprint density at radius 1 is 0.246 bits per heavy atom. The van der Waals surface area contributed by atoms with Gasteiger partial charge in [0, 0.05) is 48.4 Å². The molecule has 5 heteroatoms. The Hall–Kier alpha value is -7.44. The largest absolute Gasteiger partial charge is 0.309 e. The maximum absolute atomic E-state index is 2.46. The van der Waals surface area contributed by atoms with Gasteiger partial charge in [0.05, 0.1) is 42.5 Å². The Labute approximate surface area is 359 Å². The molecule has 0 aliphatic rings. The number of nitrogens with zero attached hydrogens (tertiary/aromatic N) is 3. The molecule has 0 N–H and O–H groups in total. The van der Waals surface area contributed by atoms with Crippen molar-refractivity contribution in [2.24, 2.45) is 0 Å². The zero-order chi connectivity index (χ0) is 40.0. The van der Waals surface area contributed by atoms with Crippen molar-refractivity contribution in [1.29, 1.82) is 0 Å². The fourth-order valence-corrected chi connectivity index (χ4v) is 11.9. The summed E-state index contributed by atoms with van der Waals surface area (Å²) in [6.07, 6.45) is 0. The Balaban J connectivity index is 0.904. The molecule has 61 heavy (non-hydrogen) atoms. The van der Waals surface area contributed by atoms with Gasteiger partial charge in [-0.25, -0.2) is 0 Å². The molecule has 13 rings (SSSR count). The second-order valence-electron chi connectivity index (χ2n) is 15.7. The molecule has 0 fully saturated rings. The van der Waals surface area contributed by atoms with E-state index in [9.17, 15) is 0 Å². The third-order valence-corrected chi connectivity index (χ3v) is 14.8. The highest BCUT2D eigenvalue weighted by Gasteiger charge is 2.21. The second-order valence-corrected chi connectivity index (χ2v) is 17.8. The molecule has 0 spiro atoms. The minimum absolute atomic E-state index is 1.18. The summed E-state index contributed by atoms with van der Waals surface area (Å²) in [4.78, 5) is 2.55. The van der Waals surface area contributed by atoms with Gasteiger partial charge < -0.3 is 13.7 Å². The number of hydrogen-bond donors (Lipinski definition) is 0. The maximum atomic E-state index is 2.46. The lowest BCUT2D eigenvalue weighted by molar-refractivity contribution is 1.18. The van der Waals surface area contributed by atoms with Crippen LogP contribution in [0.3, 0.4) is 0 Å². The summed E-state index contributed by atoms with van der Waals surface area (Å²) in [6.45, 7) is 0. The predicted molar refractivity (Wildman–Crippen MR) is 262 cm³/mol. The lowest BCUT2D eigenvalue weighted by Gasteiger charge is -2.08. The van der Waals surface area contributed by atoms with Crippen LogP contribution in [0.25, 0.3) is 113 Å². The molecule has 3 nitrogen and oxygen atoms in total. The molecule has 5 heterocycles. The SMILES string of the molecule is c1ccc(-n2c3ccccc3c3cc(-c4ccc(-c5cc6c(s5)c5sc(-c7ccc8c(c7)c7ccccc7n8-c7ccccc7)cc5n6-c5ccccc5)cc4)ccc32)cc1. The van der Waals surface area contributed by atoms with Crippen molar-refractivity contribution in [2.75, 3.05) is 0 Å². The number of rotatable bonds is 6. The first kappa shape index (κ1) is 34.4. The second kappa shape index (κ2) is 13.5. The molecule has 0 unspecified atom stereocenters. The molecule has 0 saturated heterocycles. The monoisotopic (exact) mass is 813 g/mol. The normalized spacial score (nSPS) is 11.9. The van der Waals surface area contributed by atoms with E-state index in [1.807, 2.05) is 22.7 Å². The van der Waals surface area contributed by atoms with E-state index >= 15 is 0 Å². The lowest BCUT2D eigenvalue weighted by Crippen LogP contribution is -1.92. The number of para-hydroxylation sites is 5. The molecule has 13 aromatic rings.